The highest BCUT2D eigenvalue weighted by atomic mass is 35.5. The number of halogens is 1. The molecule has 0 spiro atoms. The summed E-state index contributed by atoms with van der Waals surface area (Å²) in [5.41, 5.74) is 0.663. The van der Waals surface area contributed by atoms with Crippen LogP contribution in [-0.2, 0) is 0 Å². The zero-order chi connectivity index (χ0) is 12.4. The van der Waals surface area contributed by atoms with E-state index in [0.717, 1.165) is 45.7 Å². The number of carbonyl (C=O) groups excluding carboxylic acids is 1. The molecule has 1 unspecified atom stereocenters. The van der Waals surface area contributed by atoms with E-state index in [1.165, 1.54) is 6.26 Å². The van der Waals surface area contributed by atoms with Gasteiger partial charge in [0, 0.05) is 45.3 Å². The Kier molecular flexibility index (Phi) is 4.85. The summed E-state index contributed by atoms with van der Waals surface area (Å²) in [7, 11) is 0. The van der Waals surface area contributed by atoms with Crippen LogP contribution in [0.2, 0.25) is 0 Å². The van der Waals surface area contributed by atoms with Crippen molar-refractivity contribution in [3.63, 3.8) is 0 Å². The molecule has 0 radical (unpaired) electrons. The van der Waals surface area contributed by atoms with Crippen molar-refractivity contribution < 1.29 is 9.21 Å². The van der Waals surface area contributed by atoms with E-state index in [4.69, 9.17) is 4.42 Å². The lowest BCUT2D eigenvalue weighted by molar-refractivity contribution is 0.0773. The van der Waals surface area contributed by atoms with Gasteiger partial charge in [-0.15, -0.1) is 12.4 Å². The molecule has 3 heterocycles. The Morgan fingerprint density at radius 2 is 2.11 bits per heavy atom. The highest BCUT2D eigenvalue weighted by Gasteiger charge is 2.31. The first-order valence-corrected chi connectivity index (χ1v) is 6.61. The summed E-state index contributed by atoms with van der Waals surface area (Å²) < 4.78 is 4.97. The van der Waals surface area contributed by atoms with Gasteiger partial charge in [0.25, 0.3) is 5.91 Å². The van der Waals surface area contributed by atoms with Crippen molar-refractivity contribution in [3.05, 3.63) is 24.2 Å². The van der Waals surface area contributed by atoms with Crippen LogP contribution < -0.4 is 5.32 Å². The van der Waals surface area contributed by atoms with E-state index in [0.29, 0.717) is 11.6 Å². The number of amides is 1. The van der Waals surface area contributed by atoms with Crippen LogP contribution in [0.5, 0.6) is 0 Å². The summed E-state index contributed by atoms with van der Waals surface area (Å²) in [6.07, 6.45) is 4.17. The van der Waals surface area contributed by atoms with Gasteiger partial charge in [0.05, 0.1) is 11.8 Å². The van der Waals surface area contributed by atoms with Crippen LogP contribution in [0.1, 0.15) is 16.8 Å². The van der Waals surface area contributed by atoms with Crippen molar-refractivity contribution in [2.45, 2.75) is 12.5 Å². The third-order valence-corrected chi connectivity index (χ3v) is 3.89. The first-order valence-electron chi connectivity index (χ1n) is 6.61. The number of hydrogen-bond donors (Lipinski definition) is 1. The van der Waals surface area contributed by atoms with E-state index in [-0.39, 0.29) is 18.3 Å². The second-order valence-corrected chi connectivity index (χ2v) is 4.99. The number of likely N-dealkylation sites (tertiary alicyclic amines) is 1. The van der Waals surface area contributed by atoms with Gasteiger partial charge in [-0.2, -0.15) is 0 Å². The molecule has 0 bridgehead atoms. The maximum absolute atomic E-state index is 12.2. The van der Waals surface area contributed by atoms with Crippen LogP contribution in [-0.4, -0.2) is 61.0 Å². The number of carbonyl (C=O) groups is 1. The van der Waals surface area contributed by atoms with Gasteiger partial charge in [-0.3, -0.25) is 9.69 Å². The summed E-state index contributed by atoms with van der Waals surface area (Å²) in [5, 5.41) is 3.36. The zero-order valence-corrected chi connectivity index (χ0v) is 11.7. The quantitative estimate of drug-likeness (QED) is 0.874. The Morgan fingerprint density at radius 1 is 1.32 bits per heavy atom. The topological polar surface area (TPSA) is 48.7 Å². The first-order chi connectivity index (χ1) is 8.84. The lowest BCUT2D eigenvalue weighted by atomic mass is 10.2. The number of nitrogens with one attached hydrogen (secondary N) is 1. The smallest absolute Gasteiger partial charge is 0.257 e. The zero-order valence-electron chi connectivity index (χ0n) is 10.9. The Labute approximate surface area is 119 Å². The second-order valence-electron chi connectivity index (χ2n) is 4.99. The third kappa shape index (κ3) is 3.11. The number of furan rings is 1. The fraction of sp³-hybridized carbons (Fsp3) is 0.615. The van der Waals surface area contributed by atoms with Crippen molar-refractivity contribution in [1.29, 1.82) is 0 Å². The van der Waals surface area contributed by atoms with Gasteiger partial charge in [0.2, 0.25) is 0 Å². The normalized spacial score (nSPS) is 24.2. The predicted molar refractivity (Wildman–Crippen MR) is 74.7 cm³/mol. The van der Waals surface area contributed by atoms with Gasteiger partial charge in [0.1, 0.15) is 6.26 Å². The van der Waals surface area contributed by atoms with Crippen LogP contribution in [0.15, 0.2) is 23.0 Å². The standard InChI is InChI=1S/C13H19N3O2.ClH/c17-13(11-2-8-18-10-11)16-5-1-12(9-16)15-6-3-14-4-7-15;/h2,8,10,12,14H,1,3-7,9H2;1H. The predicted octanol–water partition coefficient (Wildman–Crippen LogP) is 0.821. The molecule has 0 aromatic carbocycles. The van der Waals surface area contributed by atoms with Crippen LogP contribution in [0.3, 0.4) is 0 Å². The summed E-state index contributed by atoms with van der Waals surface area (Å²) in [5.74, 6) is 0.0985. The molecular formula is C13H20ClN3O2. The number of rotatable bonds is 2. The molecule has 3 rings (SSSR count). The van der Waals surface area contributed by atoms with Gasteiger partial charge in [-0.05, 0) is 12.5 Å². The molecule has 2 fully saturated rings. The summed E-state index contributed by atoms with van der Waals surface area (Å²) in [6, 6.07) is 2.27. The van der Waals surface area contributed by atoms with Gasteiger partial charge in [-0.1, -0.05) is 0 Å². The molecule has 0 saturated carbocycles. The van der Waals surface area contributed by atoms with E-state index in [1.807, 2.05) is 4.90 Å². The highest BCUT2D eigenvalue weighted by molar-refractivity contribution is 5.94. The lowest BCUT2D eigenvalue weighted by Crippen LogP contribution is -2.49. The molecule has 6 heteroatoms. The molecule has 1 aromatic rings. The van der Waals surface area contributed by atoms with Gasteiger partial charge in [-0.25, -0.2) is 0 Å². The molecule has 19 heavy (non-hydrogen) atoms. The molecule has 0 aliphatic carbocycles. The SMILES string of the molecule is Cl.O=C(c1ccoc1)N1CCC(N2CCNCC2)C1. The number of piperazine rings is 1. The molecule has 1 atom stereocenters. The highest BCUT2D eigenvalue weighted by Crippen LogP contribution is 2.18. The Balaban J connectivity index is 0.00000133. The molecule has 1 N–H and O–H groups in total. The van der Waals surface area contributed by atoms with Gasteiger partial charge < -0.3 is 14.6 Å². The van der Waals surface area contributed by atoms with Crippen LogP contribution in [0, 0.1) is 0 Å². The second kappa shape index (κ2) is 6.41. The molecule has 1 amide bonds. The largest absolute Gasteiger partial charge is 0.472 e. The minimum absolute atomic E-state index is 0. The number of hydrogen-bond acceptors (Lipinski definition) is 4. The Bertz CT molecular complexity index is 404. The van der Waals surface area contributed by atoms with E-state index in [9.17, 15) is 4.79 Å². The fourth-order valence-electron chi connectivity index (χ4n) is 2.84. The first kappa shape index (κ1) is 14.4. The molecule has 5 nitrogen and oxygen atoms in total. The molecule has 106 valence electrons. The van der Waals surface area contributed by atoms with Gasteiger partial charge in [0.15, 0.2) is 0 Å². The van der Waals surface area contributed by atoms with Gasteiger partial charge >= 0.3 is 0 Å². The molecular weight excluding hydrogens is 266 g/mol. The Morgan fingerprint density at radius 3 is 2.79 bits per heavy atom. The third-order valence-electron chi connectivity index (χ3n) is 3.89. The Hall–Kier alpha value is -1.04. The van der Waals surface area contributed by atoms with Crippen molar-refractivity contribution >= 4 is 18.3 Å². The van der Waals surface area contributed by atoms with E-state index in [2.05, 4.69) is 10.2 Å². The van der Waals surface area contributed by atoms with Crippen LogP contribution >= 0.6 is 12.4 Å². The number of nitrogens with zero attached hydrogens (tertiary/aromatic N) is 2. The van der Waals surface area contributed by atoms with Crippen molar-refractivity contribution in [2.24, 2.45) is 0 Å². The van der Waals surface area contributed by atoms with Crippen molar-refractivity contribution in [1.82, 2.24) is 15.1 Å². The van der Waals surface area contributed by atoms with Crippen LogP contribution in [0.4, 0.5) is 0 Å². The maximum atomic E-state index is 12.2. The van der Waals surface area contributed by atoms with E-state index >= 15 is 0 Å². The molecule has 2 aliphatic heterocycles. The van der Waals surface area contributed by atoms with E-state index in [1.54, 1.807) is 12.3 Å². The summed E-state index contributed by atoms with van der Waals surface area (Å²) >= 11 is 0. The van der Waals surface area contributed by atoms with Crippen molar-refractivity contribution in [2.75, 3.05) is 39.3 Å². The molecule has 1 aromatic heterocycles. The molecule has 2 saturated heterocycles. The van der Waals surface area contributed by atoms with Crippen molar-refractivity contribution in [3.8, 4) is 0 Å². The monoisotopic (exact) mass is 285 g/mol. The average Bonchev–Trinajstić information content (AvgIpc) is 3.10. The summed E-state index contributed by atoms with van der Waals surface area (Å²) in [4.78, 5) is 16.6. The van der Waals surface area contributed by atoms with Crippen LogP contribution in [0.25, 0.3) is 0 Å². The minimum Gasteiger partial charge on any atom is -0.472 e. The fourth-order valence-corrected chi connectivity index (χ4v) is 2.84. The summed E-state index contributed by atoms with van der Waals surface area (Å²) in [6.45, 7) is 6.03. The lowest BCUT2D eigenvalue weighted by Gasteiger charge is -2.32. The van der Waals surface area contributed by atoms with E-state index < -0.39 is 0 Å². The minimum atomic E-state index is 0. The molecule has 2 aliphatic rings. The average molecular weight is 286 g/mol. The maximum Gasteiger partial charge on any atom is 0.257 e.